The molecular formula is C10H16F3NO3. The number of piperidine rings is 1. The number of ether oxygens (including phenoxy) is 1. The van der Waals surface area contributed by atoms with E-state index in [1.165, 1.54) is 4.90 Å². The zero-order chi connectivity index (χ0) is 12.9. The number of alkyl halides is 3. The van der Waals surface area contributed by atoms with Crippen LogP contribution in [-0.2, 0) is 4.74 Å². The molecule has 0 aliphatic carbocycles. The molecule has 1 saturated heterocycles. The third-order valence-corrected chi connectivity index (χ3v) is 2.68. The topological polar surface area (TPSA) is 49.8 Å². The van der Waals surface area contributed by atoms with E-state index in [-0.39, 0.29) is 12.6 Å². The summed E-state index contributed by atoms with van der Waals surface area (Å²) in [4.78, 5) is 12.7. The molecule has 0 aromatic rings. The summed E-state index contributed by atoms with van der Waals surface area (Å²) in [5.74, 6) is 0. The van der Waals surface area contributed by atoms with Crippen LogP contribution in [0.4, 0.5) is 18.0 Å². The number of aliphatic hydroxyl groups excluding tert-OH is 1. The van der Waals surface area contributed by atoms with Crippen molar-refractivity contribution < 1.29 is 27.8 Å². The molecule has 0 aromatic heterocycles. The van der Waals surface area contributed by atoms with Gasteiger partial charge >= 0.3 is 12.3 Å². The molecule has 1 amide bonds. The fourth-order valence-electron chi connectivity index (χ4n) is 1.92. The maximum atomic E-state index is 11.9. The van der Waals surface area contributed by atoms with Crippen LogP contribution in [0.15, 0.2) is 0 Å². The van der Waals surface area contributed by atoms with Crippen LogP contribution in [0.2, 0.25) is 0 Å². The van der Waals surface area contributed by atoms with Crippen LogP contribution in [0.1, 0.15) is 25.7 Å². The van der Waals surface area contributed by atoms with Gasteiger partial charge in [-0.25, -0.2) is 4.79 Å². The molecule has 1 N–H and O–H groups in total. The van der Waals surface area contributed by atoms with Gasteiger partial charge in [0.25, 0.3) is 0 Å². The van der Waals surface area contributed by atoms with E-state index in [1.807, 2.05) is 0 Å². The molecule has 0 aromatic carbocycles. The maximum Gasteiger partial charge on any atom is 0.422 e. The van der Waals surface area contributed by atoms with Crippen LogP contribution in [0.3, 0.4) is 0 Å². The minimum Gasteiger partial charge on any atom is -0.440 e. The first kappa shape index (κ1) is 14.1. The summed E-state index contributed by atoms with van der Waals surface area (Å²) >= 11 is 0. The van der Waals surface area contributed by atoms with Crippen molar-refractivity contribution in [2.45, 2.75) is 37.9 Å². The van der Waals surface area contributed by atoms with Gasteiger partial charge in [-0.05, 0) is 25.7 Å². The molecule has 1 aliphatic heterocycles. The second-order valence-corrected chi connectivity index (χ2v) is 4.03. The Bertz CT molecular complexity index is 256. The summed E-state index contributed by atoms with van der Waals surface area (Å²) in [5, 5.41) is 8.82. The van der Waals surface area contributed by atoms with E-state index in [0.29, 0.717) is 19.4 Å². The maximum absolute atomic E-state index is 11.9. The molecule has 0 saturated carbocycles. The van der Waals surface area contributed by atoms with E-state index in [2.05, 4.69) is 4.74 Å². The lowest BCUT2D eigenvalue weighted by Gasteiger charge is -2.34. The number of halogens is 3. The average Bonchev–Trinajstić information content (AvgIpc) is 2.26. The number of carbonyl (C=O) groups is 1. The molecule has 1 atom stereocenters. The monoisotopic (exact) mass is 255 g/mol. The van der Waals surface area contributed by atoms with Crippen LogP contribution < -0.4 is 0 Å². The number of amides is 1. The van der Waals surface area contributed by atoms with Gasteiger partial charge in [0.2, 0.25) is 0 Å². The van der Waals surface area contributed by atoms with Crippen LogP contribution in [0.25, 0.3) is 0 Å². The summed E-state index contributed by atoms with van der Waals surface area (Å²) in [6, 6.07) is -0.213. The lowest BCUT2D eigenvalue weighted by molar-refractivity contribution is -0.163. The molecule has 0 bridgehead atoms. The minimum absolute atomic E-state index is 0.0896. The molecule has 1 fully saturated rings. The zero-order valence-corrected chi connectivity index (χ0v) is 9.37. The molecule has 100 valence electrons. The fraction of sp³-hybridized carbons (Fsp3) is 0.900. The molecule has 17 heavy (non-hydrogen) atoms. The molecule has 0 radical (unpaired) electrons. The third-order valence-electron chi connectivity index (χ3n) is 2.68. The Hall–Kier alpha value is -0.980. The van der Waals surface area contributed by atoms with E-state index in [4.69, 9.17) is 5.11 Å². The Morgan fingerprint density at radius 2 is 2.12 bits per heavy atom. The normalized spacial score (nSPS) is 21.4. The van der Waals surface area contributed by atoms with Crippen molar-refractivity contribution in [2.24, 2.45) is 0 Å². The molecular weight excluding hydrogens is 239 g/mol. The second-order valence-electron chi connectivity index (χ2n) is 4.03. The van der Waals surface area contributed by atoms with E-state index in [0.717, 1.165) is 12.8 Å². The molecule has 1 rings (SSSR count). The van der Waals surface area contributed by atoms with E-state index >= 15 is 0 Å². The Morgan fingerprint density at radius 1 is 1.41 bits per heavy atom. The van der Waals surface area contributed by atoms with Crippen LogP contribution in [0, 0.1) is 0 Å². The standard InChI is InChI=1S/C10H16F3NO3/c11-10(12,13)7-17-9(16)14-5-2-1-3-8(14)4-6-15/h8,15H,1-7H2. The van der Waals surface area contributed by atoms with Gasteiger partial charge < -0.3 is 14.7 Å². The van der Waals surface area contributed by atoms with Crippen molar-refractivity contribution in [3.05, 3.63) is 0 Å². The highest BCUT2D eigenvalue weighted by atomic mass is 19.4. The Morgan fingerprint density at radius 3 is 2.71 bits per heavy atom. The SMILES string of the molecule is O=C(OCC(F)(F)F)N1CCCCC1CCO. The highest BCUT2D eigenvalue weighted by Gasteiger charge is 2.33. The van der Waals surface area contributed by atoms with Gasteiger partial charge in [0.1, 0.15) is 0 Å². The summed E-state index contributed by atoms with van der Waals surface area (Å²) < 4.78 is 39.9. The summed E-state index contributed by atoms with van der Waals surface area (Å²) in [7, 11) is 0. The van der Waals surface area contributed by atoms with Gasteiger partial charge in [-0.3, -0.25) is 0 Å². The Kier molecular flexibility index (Phi) is 5.04. The van der Waals surface area contributed by atoms with Crippen LogP contribution in [-0.4, -0.2) is 48.1 Å². The lowest BCUT2D eigenvalue weighted by Crippen LogP contribution is -2.45. The Balaban J connectivity index is 2.47. The minimum atomic E-state index is -4.50. The number of hydrogen-bond acceptors (Lipinski definition) is 3. The molecule has 1 aliphatic rings. The van der Waals surface area contributed by atoms with E-state index in [9.17, 15) is 18.0 Å². The first-order valence-electron chi connectivity index (χ1n) is 5.55. The van der Waals surface area contributed by atoms with Gasteiger partial charge in [0.05, 0.1) is 0 Å². The molecule has 1 unspecified atom stereocenters. The van der Waals surface area contributed by atoms with Crippen molar-refractivity contribution >= 4 is 6.09 Å². The first-order chi connectivity index (χ1) is 7.94. The van der Waals surface area contributed by atoms with Crippen molar-refractivity contribution in [1.29, 1.82) is 0 Å². The number of nitrogens with zero attached hydrogens (tertiary/aromatic N) is 1. The largest absolute Gasteiger partial charge is 0.440 e. The van der Waals surface area contributed by atoms with Gasteiger partial charge in [-0.15, -0.1) is 0 Å². The third kappa shape index (κ3) is 4.80. The highest BCUT2D eigenvalue weighted by Crippen LogP contribution is 2.21. The van der Waals surface area contributed by atoms with Gasteiger partial charge in [-0.1, -0.05) is 0 Å². The van der Waals surface area contributed by atoms with Gasteiger partial charge in [0.15, 0.2) is 6.61 Å². The quantitative estimate of drug-likeness (QED) is 0.838. The van der Waals surface area contributed by atoms with Crippen LogP contribution in [0.5, 0.6) is 0 Å². The number of rotatable bonds is 3. The van der Waals surface area contributed by atoms with Crippen molar-refractivity contribution in [2.75, 3.05) is 19.8 Å². The summed E-state index contributed by atoms with van der Waals surface area (Å²) in [6.45, 7) is -1.26. The number of carbonyl (C=O) groups excluding carboxylic acids is 1. The molecule has 0 spiro atoms. The fourth-order valence-corrected chi connectivity index (χ4v) is 1.92. The molecule has 4 nitrogen and oxygen atoms in total. The Labute approximate surface area is 97.3 Å². The molecule has 1 heterocycles. The van der Waals surface area contributed by atoms with Crippen LogP contribution >= 0.6 is 0 Å². The summed E-state index contributed by atoms with van der Waals surface area (Å²) in [6.07, 6.45) is -2.71. The summed E-state index contributed by atoms with van der Waals surface area (Å²) in [5.41, 5.74) is 0. The van der Waals surface area contributed by atoms with E-state index in [1.54, 1.807) is 0 Å². The highest BCUT2D eigenvalue weighted by molar-refractivity contribution is 5.68. The second kappa shape index (κ2) is 6.09. The van der Waals surface area contributed by atoms with Gasteiger partial charge in [-0.2, -0.15) is 13.2 Å². The number of hydrogen-bond donors (Lipinski definition) is 1. The predicted octanol–water partition coefficient (Wildman–Crippen LogP) is 1.92. The van der Waals surface area contributed by atoms with Crippen molar-refractivity contribution in [3.8, 4) is 0 Å². The number of aliphatic hydroxyl groups is 1. The predicted molar refractivity (Wildman–Crippen MR) is 53.5 cm³/mol. The number of likely N-dealkylation sites (tertiary alicyclic amines) is 1. The zero-order valence-electron chi connectivity index (χ0n) is 9.37. The van der Waals surface area contributed by atoms with E-state index < -0.39 is 18.9 Å². The first-order valence-corrected chi connectivity index (χ1v) is 5.55. The molecule has 7 heteroatoms. The lowest BCUT2D eigenvalue weighted by atomic mass is 10.0. The van der Waals surface area contributed by atoms with Gasteiger partial charge in [0, 0.05) is 19.2 Å². The van der Waals surface area contributed by atoms with Crippen molar-refractivity contribution in [3.63, 3.8) is 0 Å². The smallest absolute Gasteiger partial charge is 0.422 e. The average molecular weight is 255 g/mol. The van der Waals surface area contributed by atoms with Crippen molar-refractivity contribution in [1.82, 2.24) is 4.90 Å².